The Balaban J connectivity index is 1.72. The molecule has 3 heteroatoms. The van der Waals surface area contributed by atoms with Crippen LogP contribution in [0.5, 0.6) is 0 Å². The van der Waals surface area contributed by atoms with E-state index in [4.69, 9.17) is 9.47 Å². The first-order valence-electron chi connectivity index (χ1n) is 7.08. The summed E-state index contributed by atoms with van der Waals surface area (Å²) in [6, 6.07) is 0. The van der Waals surface area contributed by atoms with Crippen molar-refractivity contribution in [1.29, 1.82) is 0 Å². The molecule has 1 saturated heterocycles. The summed E-state index contributed by atoms with van der Waals surface area (Å²) < 4.78 is 11.1. The van der Waals surface area contributed by atoms with E-state index in [-0.39, 0.29) is 11.6 Å². The SMILES string of the molecule is CCCCCCOC(=O)C1(CC)OC12CCC2. The molecular weight excluding hydrogens is 216 g/mol. The van der Waals surface area contributed by atoms with Crippen molar-refractivity contribution in [3.63, 3.8) is 0 Å². The summed E-state index contributed by atoms with van der Waals surface area (Å²) >= 11 is 0. The highest BCUT2D eigenvalue weighted by Crippen LogP contribution is 2.62. The number of unbranched alkanes of at least 4 members (excludes halogenated alkanes) is 3. The number of carbonyl (C=O) groups is 1. The zero-order valence-corrected chi connectivity index (χ0v) is 11.1. The highest BCUT2D eigenvalue weighted by Gasteiger charge is 2.76. The molecular formula is C14H24O3. The Bertz CT molecular complexity index is 283. The van der Waals surface area contributed by atoms with Gasteiger partial charge in [0.1, 0.15) is 5.60 Å². The maximum Gasteiger partial charge on any atom is 0.341 e. The van der Waals surface area contributed by atoms with Gasteiger partial charge in [-0.2, -0.15) is 0 Å². The maximum absolute atomic E-state index is 12.1. The number of hydrogen-bond acceptors (Lipinski definition) is 3. The Morgan fingerprint density at radius 1 is 1.24 bits per heavy atom. The van der Waals surface area contributed by atoms with E-state index < -0.39 is 5.60 Å². The van der Waals surface area contributed by atoms with Gasteiger partial charge in [-0.3, -0.25) is 0 Å². The van der Waals surface area contributed by atoms with Crippen LogP contribution < -0.4 is 0 Å². The molecule has 0 amide bonds. The van der Waals surface area contributed by atoms with Gasteiger partial charge >= 0.3 is 5.97 Å². The third-order valence-electron chi connectivity index (χ3n) is 4.28. The normalized spacial score (nSPS) is 28.8. The largest absolute Gasteiger partial charge is 0.463 e. The third kappa shape index (κ3) is 2.10. The van der Waals surface area contributed by atoms with Gasteiger partial charge in [-0.05, 0) is 32.1 Å². The lowest BCUT2D eigenvalue weighted by Crippen LogP contribution is -2.39. The Labute approximate surface area is 104 Å². The van der Waals surface area contributed by atoms with Gasteiger partial charge in [0.05, 0.1) is 6.61 Å². The first-order valence-corrected chi connectivity index (χ1v) is 7.08. The van der Waals surface area contributed by atoms with E-state index in [1.807, 2.05) is 6.92 Å². The molecule has 1 spiro atoms. The van der Waals surface area contributed by atoms with Gasteiger partial charge in [0, 0.05) is 0 Å². The average Bonchev–Trinajstić information content (AvgIpc) is 2.99. The van der Waals surface area contributed by atoms with Crippen LogP contribution in [0.1, 0.15) is 65.2 Å². The van der Waals surface area contributed by atoms with Gasteiger partial charge < -0.3 is 9.47 Å². The van der Waals surface area contributed by atoms with Crippen molar-refractivity contribution < 1.29 is 14.3 Å². The fourth-order valence-electron chi connectivity index (χ4n) is 2.89. The van der Waals surface area contributed by atoms with E-state index in [9.17, 15) is 4.79 Å². The Kier molecular flexibility index (Phi) is 3.76. The Morgan fingerprint density at radius 3 is 2.47 bits per heavy atom. The van der Waals surface area contributed by atoms with E-state index in [0.29, 0.717) is 6.61 Å². The number of carbonyl (C=O) groups excluding carboxylic acids is 1. The molecule has 2 rings (SSSR count). The van der Waals surface area contributed by atoms with Crippen LogP contribution in [0.15, 0.2) is 0 Å². The average molecular weight is 240 g/mol. The zero-order valence-electron chi connectivity index (χ0n) is 11.1. The summed E-state index contributed by atoms with van der Waals surface area (Å²) in [5, 5.41) is 0. The van der Waals surface area contributed by atoms with E-state index >= 15 is 0 Å². The van der Waals surface area contributed by atoms with Crippen molar-refractivity contribution in [3.8, 4) is 0 Å². The first-order chi connectivity index (χ1) is 8.21. The molecule has 98 valence electrons. The summed E-state index contributed by atoms with van der Waals surface area (Å²) in [5.74, 6) is -0.115. The van der Waals surface area contributed by atoms with Gasteiger partial charge in [-0.1, -0.05) is 33.1 Å². The molecule has 3 nitrogen and oxygen atoms in total. The first kappa shape index (κ1) is 12.9. The van der Waals surface area contributed by atoms with Crippen molar-refractivity contribution in [2.24, 2.45) is 0 Å². The van der Waals surface area contributed by atoms with Crippen LogP contribution in [-0.2, 0) is 14.3 Å². The molecule has 1 aliphatic heterocycles. The molecule has 1 aliphatic carbocycles. The summed E-state index contributed by atoms with van der Waals surface area (Å²) in [6.07, 6.45) is 8.56. The van der Waals surface area contributed by atoms with Crippen LogP contribution >= 0.6 is 0 Å². The molecule has 2 aliphatic rings. The highest BCUT2D eigenvalue weighted by atomic mass is 16.7. The molecule has 2 fully saturated rings. The lowest BCUT2D eigenvalue weighted by atomic mass is 9.74. The fraction of sp³-hybridized carbons (Fsp3) is 0.929. The highest BCUT2D eigenvalue weighted by molar-refractivity contribution is 5.85. The van der Waals surface area contributed by atoms with E-state index in [2.05, 4.69) is 6.92 Å². The molecule has 17 heavy (non-hydrogen) atoms. The lowest BCUT2D eigenvalue weighted by Gasteiger charge is -2.25. The number of hydrogen-bond donors (Lipinski definition) is 0. The van der Waals surface area contributed by atoms with Crippen LogP contribution in [0, 0.1) is 0 Å². The second-order valence-electron chi connectivity index (χ2n) is 5.33. The monoisotopic (exact) mass is 240 g/mol. The Morgan fingerprint density at radius 2 is 2.00 bits per heavy atom. The third-order valence-corrected chi connectivity index (χ3v) is 4.28. The predicted molar refractivity (Wildman–Crippen MR) is 65.8 cm³/mol. The number of rotatable bonds is 7. The van der Waals surface area contributed by atoms with Crippen molar-refractivity contribution in [1.82, 2.24) is 0 Å². The number of epoxide rings is 1. The van der Waals surface area contributed by atoms with E-state index in [1.165, 1.54) is 19.3 Å². The smallest absolute Gasteiger partial charge is 0.341 e. The summed E-state index contributed by atoms with van der Waals surface area (Å²) in [5.41, 5.74) is -0.696. The lowest BCUT2D eigenvalue weighted by molar-refractivity contribution is -0.150. The molecule has 1 saturated carbocycles. The van der Waals surface area contributed by atoms with Crippen LogP contribution in [0.3, 0.4) is 0 Å². The van der Waals surface area contributed by atoms with Gasteiger partial charge in [0.15, 0.2) is 5.60 Å². The van der Waals surface area contributed by atoms with Crippen molar-refractivity contribution in [2.45, 2.75) is 76.4 Å². The molecule has 0 aromatic heterocycles. The molecule has 0 aromatic rings. The van der Waals surface area contributed by atoms with Crippen molar-refractivity contribution in [2.75, 3.05) is 6.61 Å². The van der Waals surface area contributed by atoms with Crippen LogP contribution in [0.4, 0.5) is 0 Å². The summed E-state index contributed by atoms with van der Waals surface area (Å²) in [7, 11) is 0. The minimum absolute atomic E-state index is 0.115. The quantitative estimate of drug-likeness (QED) is 0.389. The Hall–Kier alpha value is -0.570. The second-order valence-corrected chi connectivity index (χ2v) is 5.33. The molecule has 1 atom stereocenters. The minimum atomic E-state index is -0.573. The second kappa shape index (κ2) is 4.97. The van der Waals surface area contributed by atoms with Crippen LogP contribution in [0.25, 0.3) is 0 Å². The molecule has 0 N–H and O–H groups in total. The van der Waals surface area contributed by atoms with Crippen molar-refractivity contribution >= 4 is 5.97 Å². The standard InChI is InChI=1S/C14H24O3/c1-3-5-6-7-11-16-12(15)14(4-2)13(17-14)9-8-10-13/h3-11H2,1-2H3. The predicted octanol–water partition coefficient (Wildman–Crippen LogP) is 3.21. The molecule has 1 unspecified atom stereocenters. The van der Waals surface area contributed by atoms with Gasteiger partial charge in [-0.25, -0.2) is 4.79 Å². The maximum atomic E-state index is 12.1. The molecule has 0 aromatic carbocycles. The topological polar surface area (TPSA) is 38.8 Å². The van der Waals surface area contributed by atoms with Gasteiger partial charge in [-0.15, -0.1) is 0 Å². The number of esters is 1. The van der Waals surface area contributed by atoms with Gasteiger partial charge in [0.25, 0.3) is 0 Å². The summed E-state index contributed by atoms with van der Waals surface area (Å²) in [4.78, 5) is 12.1. The van der Waals surface area contributed by atoms with E-state index in [1.54, 1.807) is 0 Å². The van der Waals surface area contributed by atoms with Gasteiger partial charge in [0.2, 0.25) is 0 Å². The van der Waals surface area contributed by atoms with E-state index in [0.717, 1.165) is 32.1 Å². The van der Waals surface area contributed by atoms with Crippen molar-refractivity contribution in [3.05, 3.63) is 0 Å². The number of ether oxygens (including phenoxy) is 2. The molecule has 1 heterocycles. The molecule has 0 bridgehead atoms. The zero-order chi connectivity index (χ0) is 12.4. The van der Waals surface area contributed by atoms with Crippen LogP contribution in [-0.4, -0.2) is 23.8 Å². The minimum Gasteiger partial charge on any atom is -0.463 e. The van der Waals surface area contributed by atoms with Crippen LogP contribution in [0.2, 0.25) is 0 Å². The summed E-state index contributed by atoms with van der Waals surface area (Å²) in [6.45, 7) is 4.75. The molecule has 0 radical (unpaired) electrons. The fourth-order valence-corrected chi connectivity index (χ4v) is 2.89.